The zero-order chi connectivity index (χ0) is 16.9. The first kappa shape index (κ1) is 16.4. The molecule has 2 N–H and O–H groups in total. The zero-order valence-electron chi connectivity index (χ0n) is 14.3. The third-order valence-corrected chi connectivity index (χ3v) is 4.47. The summed E-state index contributed by atoms with van der Waals surface area (Å²) in [6, 6.07) is 8.10. The lowest BCUT2D eigenvalue weighted by Crippen LogP contribution is -2.36. The Labute approximate surface area is 142 Å². The van der Waals surface area contributed by atoms with Crippen LogP contribution in [0.25, 0.3) is 0 Å². The van der Waals surface area contributed by atoms with E-state index in [1.807, 2.05) is 19.9 Å². The van der Waals surface area contributed by atoms with Crippen molar-refractivity contribution in [3.8, 4) is 0 Å². The van der Waals surface area contributed by atoms with Crippen molar-refractivity contribution in [1.82, 2.24) is 15.3 Å². The highest BCUT2D eigenvalue weighted by atomic mass is 16.1. The van der Waals surface area contributed by atoms with Gasteiger partial charge in [0.15, 0.2) is 0 Å². The molecule has 1 aliphatic carbocycles. The second kappa shape index (κ2) is 7.43. The van der Waals surface area contributed by atoms with Gasteiger partial charge in [0.25, 0.3) is 5.91 Å². The van der Waals surface area contributed by atoms with E-state index in [1.54, 1.807) is 12.3 Å². The molecular weight excluding hydrogens is 300 g/mol. The molecule has 1 aromatic heterocycles. The Balaban J connectivity index is 1.71. The molecule has 0 bridgehead atoms. The molecule has 1 aromatic carbocycles. The summed E-state index contributed by atoms with van der Waals surface area (Å²) in [5, 5.41) is 6.30. The van der Waals surface area contributed by atoms with Crippen LogP contribution in [-0.2, 0) is 0 Å². The van der Waals surface area contributed by atoms with Gasteiger partial charge in [-0.1, -0.05) is 31.4 Å². The van der Waals surface area contributed by atoms with Gasteiger partial charge in [0.05, 0.1) is 0 Å². The number of hydrogen-bond donors (Lipinski definition) is 2. The van der Waals surface area contributed by atoms with Gasteiger partial charge in [-0.25, -0.2) is 9.97 Å². The highest BCUT2D eigenvalue weighted by molar-refractivity contribution is 5.92. The van der Waals surface area contributed by atoms with E-state index in [-0.39, 0.29) is 11.9 Å². The van der Waals surface area contributed by atoms with E-state index < -0.39 is 0 Å². The Hall–Kier alpha value is -2.43. The van der Waals surface area contributed by atoms with Crippen LogP contribution in [-0.4, -0.2) is 21.9 Å². The fourth-order valence-corrected chi connectivity index (χ4v) is 3.04. The molecule has 1 fully saturated rings. The maximum Gasteiger partial charge on any atom is 0.270 e. The zero-order valence-corrected chi connectivity index (χ0v) is 14.3. The number of nitrogens with one attached hydrogen (secondary N) is 2. The van der Waals surface area contributed by atoms with E-state index in [1.165, 1.54) is 19.3 Å². The van der Waals surface area contributed by atoms with E-state index in [0.29, 0.717) is 11.6 Å². The van der Waals surface area contributed by atoms with Gasteiger partial charge in [0, 0.05) is 17.9 Å². The highest BCUT2D eigenvalue weighted by Gasteiger charge is 2.17. The van der Waals surface area contributed by atoms with Gasteiger partial charge in [-0.15, -0.1) is 0 Å². The number of aromatic nitrogens is 2. The third kappa shape index (κ3) is 4.10. The molecule has 0 aliphatic heterocycles. The van der Waals surface area contributed by atoms with Crippen molar-refractivity contribution in [1.29, 1.82) is 0 Å². The Morgan fingerprint density at radius 1 is 1.12 bits per heavy atom. The van der Waals surface area contributed by atoms with Crippen LogP contribution in [0.15, 0.2) is 30.5 Å². The van der Waals surface area contributed by atoms with E-state index >= 15 is 0 Å². The Kier molecular flexibility index (Phi) is 5.08. The van der Waals surface area contributed by atoms with Crippen molar-refractivity contribution < 1.29 is 4.79 Å². The summed E-state index contributed by atoms with van der Waals surface area (Å²) in [6.45, 7) is 4.07. The van der Waals surface area contributed by atoms with Crippen LogP contribution < -0.4 is 10.6 Å². The van der Waals surface area contributed by atoms with Crippen LogP contribution in [0.4, 0.5) is 11.6 Å². The Morgan fingerprint density at radius 3 is 2.71 bits per heavy atom. The molecule has 0 unspecified atom stereocenters. The molecule has 0 radical (unpaired) electrons. The van der Waals surface area contributed by atoms with Crippen molar-refractivity contribution in [2.75, 3.05) is 5.32 Å². The van der Waals surface area contributed by atoms with E-state index in [4.69, 9.17) is 0 Å². The number of hydrogen-bond acceptors (Lipinski definition) is 4. The first-order chi connectivity index (χ1) is 11.6. The maximum absolute atomic E-state index is 12.4. The van der Waals surface area contributed by atoms with Gasteiger partial charge < -0.3 is 10.6 Å². The van der Waals surface area contributed by atoms with Crippen LogP contribution in [0.1, 0.15) is 53.7 Å². The predicted octanol–water partition coefficient (Wildman–Crippen LogP) is 3.90. The lowest BCUT2D eigenvalue weighted by Gasteiger charge is -2.22. The smallest absolute Gasteiger partial charge is 0.270 e. The number of anilines is 2. The van der Waals surface area contributed by atoms with Crippen LogP contribution in [0.5, 0.6) is 0 Å². The molecule has 1 aliphatic rings. The van der Waals surface area contributed by atoms with Gasteiger partial charge in [-0.3, -0.25) is 4.79 Å². The number of benzene rings is 1. The van der Waals surface area contributed by atoms with Gasteiger partial charge in [-0.2, -0.15) is 0 Å². The SMILES string of the molecule is Cc1ccc(C)c(Nc2nccc(C(=O)NC3CCCCC3)n2)c1. The number of carbonyl (C=O) groups excluding carboxylic acids is 1. The average molecular weight is 324 g/mol. The molecule has 3 rings (SSSR count). The average Bonchev–Trinajstić information content (AvgIpc) is 2.59. The molecule has 1 amide bonds. The van der Waals surface area contributed by atoms with Crippen LogP contribution in [0.2, 0.25) is 0 Å². The first-order valence-corrected chi connectivity index (χ1v) is 8.60. The lowest BCUT2D eigenvalue weighted by atomic mass is 9.95. The topological polar surface area (TPSA) is 66.9 Å². The predicted molar refractivity (Wildman–Crippen MR) is 95.6 cm³/mol. The minimum Gasteiger partial charge on any atom is -0.348 e. The molecular formula is C19H24N4O. The summed E-state index contributed by atoms with van der Waals surface area (Å²) in [7, 11) is 0. The molecule has 2 aromatic rings. The quantitative estimate of drug-likeness (QED) is 0.895. The van der Waals surface area contributed by atoms with Gasteiger partial charge >= 0.3 is 0 Å². The number of carbonyl (C=O) groups is 1. The minimum absolute atomic E-state index is 0.117. The van der Waals surface area contributed by atoms with Crippen LogP contribution >= 0.6 is 0 Å². The molecule has 5 nitrogen and oxygen atoms in total. The van der Waals surface area contributed by atoms with Gasteiger partial charge in [0.1, 0.15) is 5.69 Å². The Bertz CT molecular complexity index is 723. The monoisotopic (exact) mass is 324 g/mol. The van der Waals surface area contributed by atoms with E-state index in [9.17, 15) is 4.79 Å². The van der Waals surface area contributed by atoms with Crippen LogP contribution in [0, 0.1) is 13.8 Å². The Morgan fingerprint density at radius 2 is 1.92 bits per heavy atom. The number of amides is 1. The molecule has 1 saturated carbocycles. The molecule has 24 heavy (non-hydrogen) atoms. The summed E-state index contributed by atoms with van der Waals surface area (Å²) in [5.41, 5.74) is 3.64. The summed E-state index contributed by atoms with van der Waals surface area (Å²) >= 11 is 0. The standard InChI is InChI=1S/C19H24N4O/c1-13-8-9-14(2)17(12-13)23-19-20-11-10-16(22-19)18(24)21-15-6-4-3-5-7-15/h8-12,15H,3-7H2,1-2H3,(H,21,24)(H,20,22,23). The van der Waals surface area contributed by atoms with Gasteiger partial charge in [0.2, 0.25) is 5.95 Å². The first-order valence-electron chi connectivity index (χ1n) is 8.60. The maximum atomic E-state index is 12.4. The minimum atomic E-state index is -0.117. The second-order valence-electron chi connectivity index (χ2n) is 6.52. The lowest BCUT2D eigenvalue weighted by molar-refractivity contribution is 0.0922. The number of nitrogens with zero attached hydrogens (tertiary/aromatic N) is 2. The molecule has 126 valence electrons. The van der Waals surface area contributed by atoms with E-state index in [2.05, 4.69) is 32.7 Å². The van der Waals surface area contributed by atoms with Crippen molar-refractivity contribution in [2.24, 2.45) is 0 Å². The summed E-state index contributed by atoms with van der Waals surface area (Å²) < 4.78 is 0. The summed E-state index contributed by atoms with van der Waals surface area (Å²) in [5.74, 6) is 0.327. The van der Waals surface area contributed by atoms with Crippen molar-refractivity contribution in [2.45, 2.75) is 52.0 Å². The van der Waals surface area contributed by atoms with Gasteiger partial charge in [-0.05, 0) is 49.9 Å². The third-order valence-electron chi connectivity index (χ3n) is 4.47. The van der Waals surface area contributed by atoms with Crippen molar-refractivity contribution in [3.63, 3.8) is 0 Å². The summed E-state index contributed by atoms with van der Waals surface area (Å²) in [4.78, 5) is 21.0. The molecule has 0 atom stereocenters. The highest BCUT2D eigenvalue weighted by Crippen LogP contribution is 2.20. The van der Waals surface area contributed by atoms with Crippen molar-refractivity contribution in [3.05, 3.63) is 47.3 Å². The van der Waals surface area contributed by atoms with E-state index in [0.717, 1.165) is 29.7 Å². The fraction of sp³-hybridized carbons (Fsp3) is 0.421. The molecule has 1 heterocycles. The largest absolute Gasteiger partial charge is 0.348 e. The van der Waals surface area contributed by atoms with Crippen molar-refractivity contribution >= 4 is 17.5 Å². The molecule has 0 saturated heterocycles. The summed E-state index contributed by atoms with van der Waals surface area (Å²) in [6.07, 6.45) is 7.39. The van der Waals surface area contributed by atoms with Crippen LogP contribution in [0.3, 0.4) is 0 Å². The number of rotatable bonds is 4. The normalized spacial score (nSPS) is 15.1. The molecule has 0 spiro atoms. The second-order valence-corrected chi connectivity index (χ2v) is 6.52. The number of aryl methyl sites for hydroxylation is 2. The fourth-order valence-electron chi connectivity index (χ4n) is 3.04. The molecule has 5 heteroatoms.